The van der Waals surface area contributed by atoms with Gasteiger partial charge in [0.1, 0.15) is 0 Å². The third kappa shape index (κ3) is 3.20. The van der Waals surface area contributed by atoms with Crippen molar-refractivity contribution in [1.29, 1.82) is 0 Å². The monoisotopic (exact) mass is 256 g/mol. The number of carbonyl (C=O) groups is 1. The van der Waals surface area contributed by atoms with E-state index in [1.807, 2.05) is 6.92 Å². The minimum Gasteiger partial charge on any atom is -0.481 e. The van der Waals surface area contributed by atoms with E-state index in [2.05, 4.69) is 0 Å². The van der Waals surface area contributed by atoms with Crippen molar-refractivity contribution < 1.29 is 15.0 Å². The van der Waals surface area contributed by atoms with Gasteiger partial charge < -0.3 is 10.2 Å². The fourth-order valence-electron chi connectivity index (χ4n) is 1.75. The molecular formula is C13H17ClO3. The first-order chi connectivity index (χ1) is 7.84. The number of hydrogen-bond donors (Lipinski definition) is 2. The zero-order valence-electron chi connectivity index (χ0n) is 10.1. The molecule has 2 N–H and O–H groups in total. The number of rotatable bonds is 4. The Balaban J connectivity index is 2.96. The highest BCUT2D eigenvalue weighted by molar-refractivity contribution is 6.30. The van der Waals surface area contributed by atoms with E-state index in [0.29, 0.717) is 5.02 Å². The van der Waals surface area contributed by atoms with E-state index in [0.717, 1.165) is 11.1 Å². The van der Waals surface area contributed by atoms with Crippen molar-refractivity contribution in [3.05, 3.63) is 34.3 Å². The standard InChI is InChI=1S/C13H17ClO3/c1-7-6-10(14)4-5-11(7)12(15)8(2)9(3)13(16)17/h4-6,8-9,12,15H,1-3H3,(H,16,17). The molecule has 3 atom stereocenters. The van der Waals surface area contributed by atoms with Crippen LogP contribution in [0.1, 0.15) is 31.1 Å². The third-order valence-electron chi connectivity index (χ3n) is 3.23. The highest BCUT2D eigenvalue weighted by Gasteiger charge is 2.27. The van der Waals surface area contributed by atoms with Crippen LogP contribution < -0.4 is 0 Å². The zero-order chi connectivity index (χ0) is 13.2. The van der Waals surface area contributed by atoms with Crippen molar-refractivity contribution in [2.45, 2.75) is 26.9 Å². The van der Waals surface area contributed by atoms with E-state index < -0.39 is 18.0 Å². The second-order valence-electron chi connectivity index (χ2n) is 4.43. The molecule has 0 aliphatic carbocycles. The molecule has 0 bridgehead atoms. The number of aliphatic hydroxyl groups is 1. The summed E-state index contributed by atoms with van der Waals surface area (Å²) in [6, 6.07) is 5.21. The van der Waals surface area contributed by atoms with Gasteiger partial charge in [-0.3, -0.25) is 4.79 Å². The minimum absolute atomic E-state index is 0.354. The molecule has 94 valence electrons. The Kier molecular flexibility index (Phi) is 4.54. The first-order valence-corrected chi connectivity index (χ1v) is 5.89. The number of aryl methyl sites for hydroxylation is 1. The summed E-state index contributed by atoms with van der Waals surface area (Å²) in [6.45, 7) is 5.18. The van der Waals surface area contributed by atoms with Crippen LogP contribution in [-0.4, -0.2) is 16.2 Å². The molecule has 0 aliphatic rings. The second-order valence-corrected chi connectivity index (χ2v) is 4.87. The van der Waals surface area contributed by atoms with Gasteiger partial charge in [0.15, 0.2) is 0 Å². The zero-order valence-corrected chi connectivity index (χ0v) is 10.9. The van der Waals surface area contributed by atoms with Crippen molar-refractivity contribution in [2.24, 2.45) is 11.8 Å². The van der Waals surface area contributed by atoms with Gasteiger partial charge in [-0.1, -0.05) is 31.5 Å². The Morgan fingerprint density at radius 1 is 1.35 bits per heavy atom. The number of hydrogen-bond acceptors (Lipinski definition) is 2. The lowest BCUT2D eigenvalue weighted by Crippen LogP contribution is -2.24. The molecule has 1 rings (SSSR count). The summed E-state index contributed by atoms with van der Waals surface area (Å²) in [7, 11) is 0. The Labute approximate surface area is 106 Å². The molecule has 0 heterocycles. The summed E-state index contributed by atoms with van der Waals surface area (Å²) in [4.78, 5) is 10.9. The molecule has 0 spiro atoms. The number of carboxylic acid groups (broad SMARTS) is 1. The Morgan fingerprint density at radius 2 is 1.94 bits per heavy atom. The maximum Gasteiger partial charge on any atom is 0.306 e. The summed E-state index contributed by atoms with van der Waals surface area (Å²) in [6.07, 6.45) is -0.793. The van der Waals surface area contributed by atoms with E-state index in [1.54, 1.807) is 32.0 Å². The van der Waals surface area contributed by atoms with Gasteiger partial charge in [-0.2, -0.15) is 0 Å². The quantitative estimate of drug-likeness (QED) is 0.871. The average Bonchev–Trinajstić information content (AvgIpc) is 2.26. The smallest absolute Gasteiger partial charge is 0.306 e. The lowest BCUT2D eigenvalue weighted by molar-refractivity contribution is -0.144. The van der Waals surface area contributed by atoms with Gasteiger partial charge in [-0.15, -0.1) is 0 Å². The van der Waals surface area contributed by atoms with Gasteiger partial charge in [0.2, 0.25) is 0 Å². The molecule has 3 nitrogen and oxygen atoms in total. The van der Waals surface area contributed by atoms with Gasteiger partial charge in [0, 0.05) is 5.02 Å². The fraction of sp³-hybridized carbons (Fsp3) is 0.462. The third-order valence-corrected chi connectivity index (χ3v) is 3.46. The molecule has 3 unspecified atom stereocenters. The van der Waals surface area contributed by atoms with Crippen LogP contribution in [0.3, 0.4) is 0 Å². The molecule has 0 amide bonds. The Hall–Kier alpha value is -1.06. The van der Waals surface area contributed by atoms with Crippen LogP contribution in [0.2, 0.25) is 5.02 Å². The predicted molar refractivity (Wildman–Crippen MR) is 67.1 cm³/mol. The molecule has 0 saturated heterocycles. The van der Waals surface area contributed by atoms with Crippen LogP contribution in [-0.2, 0) is 4.79 Å². The van der Waals surface area contributed by atoms with Crippen molar-refractivity contribution >= 4 is 17.6 Å². The van der Waals surface area contributed by atoms with E-state index >= 15 is 0 Å². The largest absolute Gasteiger partial charge is 0.481 e. The molecule has 4 heteroatoms. The van der Waals surface area contributed by atoms with E-state index in [9.17, 15) is 9.90 Å². The normalized spacial score (nSPS) is 16.3. The molecule has 0 radical (unpaired) electrons. The maximum absolute atomic E-state index is 10.9. The second kappa shape index (κ2) is 5.52. The van der Waals surface area contributed by atoms with Crippen molar-refractivity contribution in [2.75, 3.05) is 0 Å². The first-order valence-electron chi connectivity index (χ1n) is 5.51. The van der Waals surface area contributed by atoms with Crippen LogP contribution in [0.5, 0.6) is 0 Å². The maximum atomic E-state index is 10.9. The molecule has 0 aromatic heterocycles. The lowest BCUT2D eigenvalue weighted by Gasteiger charge is -2.24. The van der Waals surface area contributed by atoms with Gasteiger partial charge in [0.25, 0.3) is 0 Å². The summed E-state index contributed by atoms with van der Waals surface area (Å²) < 4.78 is 0. The summed E-state index contributed by atoms with van der Waals surface area (Å²) in [5.74, 6) is -1.85. The number of aliphatic hydroxyl groups excluding tert-OH is 1. The molecule has 1 aromatic carbocycles. The molecular weight excluding hydrogens is 240 g/mol. The van der Waals surface area contributed by atoms with Crippen molar-refractivity contribution in [1.82, 2.24) is 0 Å². The molecule has 1 aromatic rings. The van der Waals surface area contributed by atoms with Gasteiger partial charge >= 0.3 is 5.97 Å². The Morgan fingerprint density at radius 3 is 2.41 bits per heavy atom. The van der Waals surface area contributed by atoms with Crippen LogP contribution in [0.4, 0.5) is 0 Å². The van der Waals surface area contributed by atoms with E-state index in [4.69, 9.17) is 16.7 Å². The fourth-order valence-corrected chi connectivity index (χ4v) is 1.98. The predicted octanol–water partition coefficient (Wildman–Crippen LogP) is 3.04. The average molecular weight is 257 g/mol. The highest BCUT2D eigenvalue weighted by atomic mass is 35.5. The van der Waals surface area contributed by atoms with Gasteiger partial charge in [-0.05, 0) is 36.1 Å². The minimum atomic E-state index is -0.900. The van der Waals surface area contributed by atoms with Crippen LogP contribution >= 0.6 is 11.6 Å². The van der Waals surface area contributed by atoms with Crippen LogP contribution in [0.15, 0.2) is 18.2 Å². The summed E-state index contributed by atoms with van der Waals surface area (Å²) in [5, 5.41) is 19.7. The SMILES string of the molecule is Cc1cc(Cl)ccc1C(O)C(C)C(C)C(=O)O. The lowest BCUT2D eigenvalue weighted by atomic mass is 9.85. The van der Waals surface area contributed by atoms with Crippen LogP contribution in [0, 0.1) is 18.8 Å². The highest BCUT2D eigenvalue weighted by Crippen LogP contribution is 2.30. The molecule has 0 saturated carbocycles. The Bertz CT molecular complexity index is 417. The molecule has 0 fully saturated rings. The van der Waals surface area contributed by atoms with Gasteiger partial charge in [0.05, 0.1) is 12.0 Å². The molecule has 0 aliphatic heterocycles. The number of carboxylic acids is 1. The molecule has 17 heavy (non-hydrogen) atoms. The summed E-state index contributed by atoms with van der Waals surface area (Å²) >= 11 is 5.84. The number of benzene rings is 1. The topological polar surface area (TPSA) is 57.5 Å². The first kappa shape index (κ1) is 14.0. The van der Waals surface area contributed by atoms with E-state index in [-0.39, 0.29) is 5.92 Å². The number of aliphatic carboxylic acids is 1. The van der Waals surface area contributed by atoms with Crippen molar-refractivity contribution in [3.8, 4) is 0 Å². The van der Waals surface area contributed by atoms with E-state index in [1.165, 1.54) is 0 Å². The van der Waals surface area contributed by atoms with Crippen molar-refractivity contribution in [3.63, 3.8) is 0 Å². The number of halogens is 1. The van der Waals surface area contributed by atoms with Crippen LogP contribution in [0.25, 0.3) is 0 Å². The van der Waals surface area contributed by atoms with Gasteiger partial charge in [-0.25, -0.2) is 0 Å². The summed E-state index contributed by atoms with van der Waals surface area (Å²) in [5.41, 5.74) is 1.60.